The first-order valence-corrected chi connectivity index (χ1v) is 4.17. The first-order valence-electron chi connectivity index (χ1n) is 4.17. The van der Waals surface area contributed by atoms with Crippen molar-refractivity contribution in [2.45, 2.75) is 13.0 Å². The molecule has 13 heavy (non-hydrogen) atoms. The number of rotatable bonds is 3. The molecule has 0 spiro atoms. The number of hydrogen-bond acceptors (Lipinski definition) is 3. The number of pyridine rings is 1. The molecule has 0 radical (unpaired) electrons. The Labute approximate surface area is 78.2 Å². The van der Waals surface area contributed by atoms with E-state index in [2.05, 4.69) is 4.98 Å². The lowest BCUT2D eigenvalue weighted by atomic mass is 10.2. The lowest BCUT2D eigenvalue weighted by molar-refractivity contribution is 0.397. The fourth-order valence-corrected chi connectivity index (χ4v) is 0.888. The minimum Gasteiger partial charge on any atom is -0.481 e. The van der Waals surface area contributed by atoms with Crippen molar-refractivity contribution in [2.24, 2.45) is 5.73 Å². The maximum Gasteiger partial charge on any atom is 0.213 e. The molecule has 0 aliphatic carbocycles. The average Bonchev–Trinajstić information content (AvgIpc) is 2.15. The van der Waals surface area contributed by atoms with Gasteiger partial charge in [-0.25, -0.2) is 4.98 Å². The third-order valence-electron chi connectivity index (χ3n) is 1.52. The fraction of sp³-hybridized carbons (Fsp3) is 0.300. The summed E-state index contributed by atoms with van der Waals surface area (Å²) < 4.78 is 4.99. The van der Waals surface area contributed by atoms with Crippen LogP contribution >= 0.6 is 0 Å². The zero-order valence-electron chi connectivity index (χ0n) is 7.90. The summed E-state index contributed by atoms with van der Waals surface area (Å²) in [6.07, 6.45) is 3.77. The van der Waals surface area contributed by atoms with Crippen molar-refractivity contribution in [1.29, 1.82) is 0 Å². The quantitative estimate of drug-likeness (QED) is 0.762. The summed E-state index contributed by atoms with van der Waals surface area (Å²) in [4.78, 5) is 4.20. The van der Waals surface area contributed by atoms with Gasteiger partial charge in [0.2, 0.25) is 5.88 Å². The van der Waals surface area contributed by atoms with Gasteiger partial charge in [0, 0.05) is 12.1 Å². The molecule has 3 heteroatoms. The third kappa shape index (κ3) is 3.25. The van der Waals surface area contributed by atoms with Gasteiger partial charge in [0.25, 0.3) is 0 Å². The van der Waals surface area contributed by atoms with Crippen LogP contribution in [-0.4, -0.2) is 18.1 Å². The zero-order chi connectivity index (χ0) is 9.68. The fourth-order valence-electron chi connectivity index (χ4n) is 0.888. The number of methoxy groups -OCH3 is 1. The summed E-state index contributed by atoms with van der Waals surface area (Å²) in [6, 6.07) is 5.66. The van der Waals surface area contributed by atoms with Gasteiger partial charge in [0.05, 0.1) is 12.8 Å². The van der Waals surface area contributed by atoms with Crippen LogP contribution in [0.25, 0.3) is 6.08 Å². The molecule has 1 heterocycles. The SMILES string of the molecule is COc1cccc(/C=C/C(C)N)n1. The van der Waals surface area contributed by atoms with Gasteiger partial charge in [-0.2, -0.15) is 0 Å². The predicted molar refractivity (Wildman–Crippen MR) is 53.5 cm³/mol. The molecule has 0 bridgehead atoms. The Kier molecular flexibility index (Phi) is 3.46. The van der Waals surface area contributed by atoms with Crippen LogP contribution in [0.15, 0.2) is 24.3 Å². The normalized spacial score (nSPS) is 13.2. The summed E-state index contributed by atoms with van der Waals surface area (Å²) in [6.45, 7) is 1.91. The Bertz CT molecular complexity index is 295. The van der Waals surface area contributed by atoms with Crippen molar-refractivity contribution >= 4 is 6.08 Å². The van der Waals surface area contributed by atoms with E-state index in [1.54, 1.807) is 7.11 Å². The lowest BCUT2D eigenvalue weighted by Crippen LogP contribution is -2.09. The van der Waals surface area contributed by atoms with Crippen LogP contribution in [0.2, 0.25) is 0 Å². The number of hydrogen-bond donors (Lipinski definition) is 1. The molecule has 1 aromatic rings. The van der Waals surface area contributed by atoms with Gasteiger partial charge >= 0.3 is 0 Å². The van der Waals surface area contributed by atoms with Crippen LogP contribution in [0.5, 0.6) is 5.88 Å². The number of nitrogens with zero attached hydrogens (tertiary/aromatic N) is 1. The maximum atomic E-state index is 5.56. The predicted octanol–water partition coefficient (Wildman–Crippen LogP) is 1.45. The molecule has 1 atom stereocenters. The number of nitrogens with two attached hydrogens (primary N) is 1. The van der Waals surface area contributed by atoms with Gasteiger partial charge in [0.1, 0.15) is 0 Å². The summed E-state index contributed by atoms with van der Waals surface area (Å²) in [5.41, 5.74) is 6.42. The molecule has 0 aliphatic rings. The van der Waals surface area contributed by atoms with Gasteiger partial charge in [-0.15, -0.1) is 0 Å². The van der Waals surface area contributed by atoms with Crippen LogP contribution in [0.3, 0.4) is 0 Å². The van der Waals surface area contributed by atoms with E-state index in [4.69, 9.17) is 10.5 Å². The molecule has 0 aliphatic heterocycles. The van der Waals surface area contributed by atoms with Crippen LogP contribution in [-0.2, 0) is 0 Å². The molecule has 2 N–H and O–H groups in total. The van der Waals surface area contributed by atoms with E-state index in [9.17, 15) is 0 Å². The Hall–Kier alpha value is -1.35. The van der Waals surface area contributed by atoms with Gasteiger partial charge in [0.15, 0.2) is 0 Å². The Morgan fingerprint density at radius 2 is 2.31 bits per heavy atom. The molecule has 0 aromatic carbocycles. The molecule has 3 nitrogen and oxygen atoms in total. The smallest absolute Gasteiger partial charge is 0.213 e. The molecule has 1 aromatic heterocycles. The highest BCUT2D eigenvalue weighted by atomic mass is 16.5. The van der Waals surface area contributed by atoms with Crippen LogP contribution in [0, 0.1) is 0 Å². The van der Waals surface area contributed by atoms with E-state index >= 15 is 0 Å². The van der Waals surface area contributed by atoms with Crippen molar-refractivity contribution in [2.75, 3.05) is 7.11 Å². The Morgan fingerprint density at radius 1 is 1.54 bits per heavy atom. The molecule has 0 amide bonds. The summed E-state index contributed by atoms with van der Waals surface area (Å²) in [5, 5.41) is 0. The van der Waals surface area contributed by atoms with Gasteiger partial charge in [-0.05, 0) is 19.1 Å². The third-order valence-corrected chi connectivity index (χ3v) is 1.52. The van der Waals surface area contributed by atoms with E-state index in [1.807, 2.05) is 37.3 Å². The van der Waals surface area contributed by atoms with Crippen molar-refractivity contribution < 1.29 is 4.74 Å². The van der Waals surface area contributed by atoms with Gasteiger partial charge < -0.3 is 10.5 Å². The highest BCUT2D eigenvalue weighted by Crippen LogP contribution is 2.07. The van der Waals surface area contributed by atoms with Crippen molar-refractivity contribution in [3.63, 3.8) is 0 Å². The zero-order valence-corrected chi connectivity index (χ0v) is 7.90. The second-order valence-corrected chi connectivity index (χ2v) is 2.82. The van der Waals surface area contributed by atoms with E-state index in [0.717, 1.165) is 5.69 Å². The van der Waals surface area contributed by atoms with Crippen LogP contribution in [0.1, 0.15) is 12.6 Å². The highest BCUT2D eigenvalue weighted by Gasteiger charge is 1.93. The first-order chi connectivity index (χ1) is 6.22. The molecular weight excluding hydrogens is 164 g/mol. The molecule has 1 unspecified atom stereocenters. The Morgan fingerprint density at radius 3 is 2.92 bits per heavy atom. The van der Waals surface area contributed by atoms with Crippen molar-refractivity contribution in [3.05, 3.63) is 30.0 Å². The average molecular weight is 178 g/mol. The first kappa shape index (κ1) is 9.74. The van der Waals surface area contributed by atoms with Crippen molar-refractivity contribution in [1.82, 2.24) is 4.98 Å². The minimum atomic E-state index is 0.0491. The standard InChI is InChI=1S/C10H14N2O/c1-8(11)6-7-9-4-3-5-10(12-9)13-2/h3-8H,11H2,1-2H3/b7-6+. The highest BCUT2D eigenvalue weighted by molar-refractivity contribution is 5.45. The molecule has 1 rings (SSSR count). The molecule has 0 saturated heterocycles. The molecule has 0 fully saturated rings. The van der Waals surface area contributed by atoms with E-state index < -0.39 is 0 Å². The van der Waals surface area contributed by atoms with Crippen molar-refractivity contribution in [3.8, 4) is 5.88 Å². The van der Waals surface area contributed by atoms with E-state index in [0.29, 0.717) is 5.88 Å². The largest absolute Gasteiger partial charge is 0.481 e. The molecule has 70 valence electrons. The second kappa shape index (κ2) is 4.62. The lowest BCUT2D eigenvalue weighted by Gasteiger charge is -1.99. The van der Waals surface area contributed by atoms with E-state index in [1.165, 1.54) is 0 Å². The molecule has 0 saturated carbocycles. The summed E-state index contributed by atoms with van der Waals surface area (Å²) >= 11 is 0. The Balaban J connectivity index is 2.77. The summed E-state index contributed by atoms with van der Waals surface area (Å²) in [7, 11) is 1.60. The summed E-state index contributed by atoms with van der Waals surface area (Å²) in [5.74, 6) is 0.617. The minimum absolute atomic E-state index is 0.0491. The molecular formula is C10H14N2O. The van der Waals surface area contributed by atoms with Crippen LogP contribution < -0.4 is 10.5 Å². The van der Waals surface area contributed by atoms with E-state index in [-0.39, 0.29) is 6.04 Å². The maximum absolute atomic E-state index is 5.56. The van der Waals surface area contributed by atoms with Gasteiger partial charge in [-0.1, -0.05) is 12.1 Å². The number of aromatic nitrogens is 1. The second-order valence-electron chi connectivity index (χ2n) is 2.82. The van der Waals surface area contributed by atoms with Crippen LogP contribution in [0.4, 0.5) is 0 Å². The number of ether oxygens (including phenoxy) is 1. The van der Waals surface area contributed by atoms with Gasteiger partial charge in [-0.3, -0.25) is 0 Å². The topological polar surface area (TPSA) is 48.1 Å². The monoisotopic (exact) mass is 178 g/mol.